The van der Waals surface area contributed by atoms with Crippen LogP contribution >= 0.6 is 0 Å². The van der Waals surface area contributed by atoms with Gasteiger partial charge in [0.1, 0.15) is 0 Å². The van der Waals surface area contributed by atoms with Gasteiger partial charge in [-0.2, -0.15) is 15.0 Å². The molecule has 0 spiro atoms. The Balaban J connectivity index is 1.64. The first-order valence-corrected chi connectivity index (χ1v) is 7.02. The Hall–Kier alpha value is -1.59. The van der Waals surface area contributed by atoms with Crippen molar-refractivity contribution >= 4 is 11.9 Å². The highest BCUT2D eigenvalue weighted by atomic mass is 16.5. The van der Waals surface area contributed by atoms with Crippen molar-refractivity contribution in [1.82, 2.24) is 15.0 Å². The summed E-state index contributed by atoms with van der Waals surface area (Å²) in [6, 6.07) is 0.344. The van der Waals surface area contributed by atoms with Gasteiger partial charge in [0.25, 0.3) is 0 Å². The van der Waals surface area contributed by atoms with Crippen molar-refractivity contribution in [1.29, 1.82) is 0 Å². The van der Waals surface area contributed by atoms with E-state index in [-0.39, 0.29) is 0 Å². The molecule has 1 aromatic heterocycles. The zero-order valence-corrected chi connectivity index (χ0v) is 11.5. The highest BCUT2D eigenvalue weighted by Crippen LogP contribution is 2.49. The molecular weight excluding hydrogens is 242 g/mol. The third-order valence-electron chi connectivity index (χ3n) is 3.97. The lowest BCUT2D eigenvalue weighted by Crippen LogP contribution is -2.20. The minimum absolute atomic E-state index is 0.344. The molecule has 0 aliphatic heterocycles. The average molecular weight is 263 g/mol. The summed E-state index contributed by atoms with van der Waals surface area (Å²) in [6.45, 7) is 0.964. The monoisotopic (exact) mass is 263 g/mol. The molecule has 19 heavy (non-hydrogen) atoms. The summed E-state index contributed by atoms with van der Waals surface area (Å²) in [5.41, 5.74) is 0. The van der Waals surface area contributed by atoms with Gasteiger partial charge in [-0.15, -0.1) is 0 Å². The fourth-order valence-electron chi connectivity index (χ4n) is 2.61. The zero-order chi connectivity index (χ0) is 13.2. The minimum Gasteiger partial charge on any atom is -0.467 e. The lowest BCUT2D eigenvalue weighted by atomic mass is 9.98. The zero-order valence-electron chi connectivity index (χ0n) is 11.5. The molecule has 0 radical (unpaired) electrons. The SMILES string of the molecule is CNc1nc(NCC(C2CC2)C2CC2)nc(OC)n1. The molecule has 0 atom stereocenters. The molecule has 104 valence electrons. The third kappa shape index (κ3) is 3.05. The van der Waals surface area contributed by atoms with Crippen LogP contribution in [0.25, 0.3) is 0 Å². The maximum atomic E-state index is 5.08. The van der Waals surface area contributed by atoms with Gasteiger partial charge in [0.15, 0.2) is 0 Å². The van der Waals surface area contributed by atoms with E-state index in [1.165, 1.54) is 25.7 Å². The number of nitrogens with one attached hydrogen (secondary N) is 2. The van der Waals surface area contributed by atoms with E-state index < -0.39 is 0 Å². The van der Waals surface area contributed by atoms with Crippen LogP contribution in [0.1, 0.15) is 25.7 Å². The average Bonchev–Trinajstić information content (AvgIpc) is 3.30. The largest absolute Gasteiger partial charge is 0.467 e. The van der Waals surface area contributed by atoms with Crippen molar-refractivity contribution in [3.8, 4) is 6.01 Å². The van der Waals surface area contributed by atoms with E-state index >= 15 is 0 Å². The van der Waals surface area contributed by atoms with E-state index in [9.17, 15) is 0 Å². The second-order valence-electron chi connectivity index (χ2n) is 5.44. The van der Waals surface area contributed by atoms with Gasteiger partial charge < -0.3 is 15.4 Å². The van der Waals surface area contributed by atoms with E-state index in [0.29, 0.717) is 17.9 Å². The van der Waals surface area contributed by atoms with Gasteiger partial charge in [0, 0.05) is 13.6 Å². The van der Waals surface area contributed by atoms with Crippen molar-refractivity contribution in [3.05, 3.63) is 0 Å². The lowest BCUT2D eigenvalue weighted by Gasteiger charge is -2.16. The molecule has 0 unspecified atom stereocenters. The van der Waals surface area contributed by atoms with E-state index in [1.54, 1.807) is 14.2 Å². The summed E-state index contributed by atoms with van der Waals surface area (Å²) < 4.78 is 5.08. The summed E-state index contributed by atoms with van der Waals surface area (Å²) >= 11 is 0. The fraction of sp³-hybridized carbons (Fsp3) is 0.769. The van der Waals surface area contributed by atoms with Crippen LogP contribution in [0.5, 0.6) is 6.01 Å². The molecule has 6 nitrogen and oxygen atoms in total. The lowest BCUT2D eigenvalue weighted by molar-refractivity contribution is 0.379. The number of nitrogens with zero attached hydrogens (tertiary/aromatic N) is 3. The first kappa shape index (κ1) is 12.4. The maximum Gasteiger partial charge on any atom is 0.322 e. The summed E-state index contributed by atoms with van der Waals surface area (Å²) in [5.74, 6) is 3.77. The third-order valence-corrected chi connectivity index (χ3v) is 3.97. The normalized spacial score (nSPS) is 18.5. The maximum absolute atomic E-state index is 5.08. The van der Waals surface area contributed by atoms with Gasteiger partial charge in [-0.25, -0.2) is 0 Å². The smallest absolute Gasteiger partial charge is 0.322 e. The Kier molecular flexibility index (Phi) is 3.40. The van der Waals surface area contributed by atoms with Gasteiger partial charge in [-0.3, -0.25) is 0 Å². The Morgan fingerprint density at radius 3 is 2.26 bits per heavy atom. The van der Waals surface area contributed by atoms with E-state index in [0.717, 1.165) is 24.3 Å². The van der Waals surface area contributed by atoms with Crippen LogP contribution in [-0.2, 0) is 0 Å². The predicted octanol–water partition coefficient (Wildman–Crippen LogP) is 1.77. The van der Waals surface area contributed by atoms with Crippen LogP contribution in [0, 0.1) is 17.8 Å². The molecule has 6 heteroatoms. The van der Waals surface area contributed by atoms with Crippen molar-refractivity contribution in [2.45, 2.75) is 25.7 Å². The van der Waals surface area contributed by atoms with Gasteiger partial charge in [-0.1, -0.05) is 0 Å². The van der Waals surface area contributed by atoms with Crippen molar-refractivity contribution in [2.24, 2.45) is 17.8 Å². The summed E-state index contributed by atoms with van der Waals surface area (Å²) in [7, 11) is 3.35. The first-order valence-electron chi connectivity index (χ1n) is 7.02. The fourth-order valence-corrected chi connectivity index (χ4v) is 2.61. The summed E-state index contributed by atoms with van der Waals surface area (Å²) in [4.78, 5) is 12.6. The molecule has 0 saturated heterocycles. The Morgan fingerprint density at radius 2 is 1.74 bits per heavy atom. The summed E-state index contributed by atoms with van der Waals surface area (Å²) in [5, 5.41) is 6.27. The molecule has 0 amide bonds. The van der Waals surface area contributed by atoms with Crippen molar-refractivity contribution < 1.29 is 4.74 Å². The molecule has 2 fully saturated rings. The molecule has 3 rings (SSSR count). The molecule has 2 saturated carbocycles. The van der Waals surface area contributed by atoms with Gasteiger partial charge in [0.05, 0.1) is 7.11 Å². The Morgan fingerprint density at radius 1 is 1.11 bits per heavy atom. The highest BCUT2D eigenvalue weighted by Gasteiger charge is 2.41. The summed E-state index contributed by atoms with van der Waals surface area (Å²) in [6.07, 6.45) is 5.58. The van der Waals surface area contributed by atoms with E-state index in [2.05, 4.69) is 25.6 Å². The van der Waals surface area contributed by atoms with Crippen LogP contribution in [0.4, 0.5) is 11.9 Å². The van der Waals surface area contributed by atoms with Crippen LogP contribution in [0.3, 0.4) is 0 Å². The van der Waals surface area contributed by atoms with Crippen molar-refractivity contribution in [3.63, 3.8) is 0 Å². The number of anilines is 2. The quantitative estimate of drug-likeness (QED) is 0.781. The first-order chi connectivity index (χ1) is 9.30. The minimum atomic E-state index is 0.344. The number of hydrogen-bond donors (Lipinski definition) is 2. The van der Waals surface area contributed by atoms with Gasteiger partial charge in [-0.05, 0) is 43.4 Å². The molecule has 1 heterocycles. The van der Waals surface area contributed by atoms with E-state index in [1.807, 2.05) is 0 Å². The van der Waals surface area contributed by atoms with Crippen LogP contribution in [0.15, 0.2) is 0 Å². The molecule has 2 N–H and O–H groups in total. The van der Waals surface area contributed by atoms with E-state index in [4.69, 9.17) is 4.74 Å². The molecular formula is C13H21N5O. The van der Waals surface area contributed by atoms with Crippen LogP contribution in [0.2, 0.25) is 0 Å². The number of methoxy groups -OCH3 is 1. The topological polar surface area (TPSA) is 72.0 Å². The molecule has 0 bridgehead atoms. The van der Waals surface area contributed by atoms with Crippen molar-refractivity contribution in [2.75, 3.05) is 31.3 Å². The van der Waals surface area contributed by atoms with Crippen LogP contribution in [-0.4, -0.2) is 35.7 Å². The predicted molar refractivity (Wildman–Crippen MR) is 73.4 cm³/mol. The number of rotatable bonds is 7. The highest BCUT2D eigenvalue weighted by molar-refractivity contribution is 5.35. The second-order valence-corrected chi connectivity index (χ2v) is 5.44. The number of ether oxygens (including phenoxy) is 1. The Bertz CT molecular complexity index is 410. The standard InChI is InChI=1S/C13H21N5O/c1-14-11-16-12(18-13(17-11)19-2)15-7-10(8-3-4-8)9-5-6-9/h8-10H,3-7H2,1-2H3,(H2,14,15,16,17,18). The van der Waals surface area contributed by atoms with Gasteiger partial charge in [0.2, 0.25) is 11.9 Å². The molecule has 2 aliphatic rings. The molecule has 1 aromatic rings. The molecule has 0 aromatic carbocycles. The molecule has 2 aliphatic carbocycles. The number of hydrogen-bond acceptors (Lipinski definition) is 6. The number of aromatic nitrogens is 3. The second kappa shape index (κ2) is 5.19. The van der Waals surface area contributed by atoms with Crippen LogP contribution < -0.4 is 15.4 Å². The van der Waals surface area contributed by atoms with Gasteiger partial charge >= 0.3 is 6.01 Å². The Labute approximate surface area is 113 Å².